The molecule has 1 aromatic heterocycles. The summed E-state index contributed by atoms with van der Waals surface area (Å²) in [6.07, 6.45) is -4.93. The summed E-state index contributed by atoms with van der Waals surface area (Å²) in [5.41, 5.74) is -0.903. The van der Waals surface area contributed by atoms with E-state index in [1.165, 1.54) is 37.4 Å². The number of carbonyl (C=O) groups is 1. The molecule has 170 valence electrons. The molecule has 0 aliphatic carbocycles. The molecule has 0 atom stereocenters. The second-order valence-electron chi connectivity index (χ2n) is 6.88. The number of primary sulfonamides is 1. The molecular weight excluding hydrogens is 451 g/mol. The maximum atomic E-state index is 14.1. The van der Waals surface area contributed by atoms with Crippen molar-refractivity contribution in [2.75, 3.05) is 7.11 Å². The van der Waals surface area contributed by atoms with Gasteiger partial charge in [0.1, 0.15) is 18.0 Å². The van der Waals surface area contributed by atoms with Crippen molar-refractivity contribution in [2.24, 2.45) is 5.14 Å². The Morgan fingerprint density at radius 2 is 1.75 bits per heavy atom. The van der Waals surface area contributed by atoms with E-state index < -0.39 is 34.4 Å². The maximum Gasteiger partial charge on any atom is 0.433 e. The molecule has 0 aliphatic rings. The molecule has 0 unspecified atom stereocenters. The van der Waals surface area contributed by atoms with Crippen LogP contribution in [-0.4, -0.2) is 36.4 Å². The summed E-state index contributed by atoms with van der Waals surface area (Å²) in [7, 11) is -2.59. The highest BCUT2D eigenvalue weighted by Crippen LogP contribution is 2.43. The first-order valence-electron chi connectivity index (χ1n) is 9.01. The van der Waals surface area contributed by atoms with E-state index in [9.17, 15) is 26.4 Å². The number of methoxy groups -OCH3 is 1. The second-order valence-corrected chi connectivity index (χ2v) is 8.44. The van der Waals surface area contributed by atoms with Gasteiger partial charge in [0, 0.05) is 11.1 Å². The van der Waals surface area contributed by atoms with Crippen molar-refractivity contribution >= 4 is 16.0 Å². The van der Waals surface area contributed by atoms with E-state index in [2.05, 4.69) is 5.10 Å². The Balaban J connectivity index is 2.34. The lowest BCUT2D eigenvalue weighted by atomic mass is 9.97. The number of ether oxygens (including phenoxy) is 1. The van der Waals surface area contributed by atoms with Crippen LogP contribution in [0.4, 0.5) is 13.2 Å². The predicted octanol–water partition coefficient (Wildman–Crippen LogP) is 3.28. The fourth-order valence-corrected chi connectivity index (χ4v) is 3.82. The Morgan fingerprint density at radius 3 is 2.22 bits per heavy atom. The normalized spacial score (nSPS) is 12.1. The zero-order valence-electron chi connectivity index (χ0n) is 16.8. The Labute approximate surface area is 181 Å². The SMILES string of the molecule is COc1ccc(-c2c(-c3ccc(S(N)(=O)=O)cc3)nn(CC(=O)O)c2C(F)(F)F)cc1C. The quantitative estimate of drug-likeness (QED) is 0.571. The molecule has 12 heteroatoms. The van der Waals surface area contributed by atoms with E-state index in [4.69, 9.17) is 15.0 Å². The molecule has 0 saturated heterocycles. The van der Waals surface area contributed by atoms with Gasteiger partial charge in [0.05, 0.1) is 12.0 Å². The van der Waals surface area contributed by atoms with Gasteiger partial charge in [-0.15, -0.1) is 0 Å². The van der Waals surface area contributed by atoms with Crippen LogP contribution in [0.5, 0.6) is 5.75 Å². The van der Waals surface area contributed by atoms with Crippen molar-refractivity contribution in [1.82, 2.24) is 9.78 Å². The van der Waals surface area contributed by atoms with E-state index in [-0.39, 0.29) is 27.3 Å². The fourth-order valence-electron chi connectivity index (χ4n) is 3.30. The van der Waals surface area contributed by atoms with Gasteiger partial charge in [-0.3, -0.25) is 4.79 Å². The molecule has 32 heavy (non-hydrogen) atoms. The number of aryl methyl sites for hydroxylation is 1. The number of hydrogen-bond acceptors (Lipinski definition) is 5. The minimum absolute atomic E-state index is 0.137. The molecule has 0 fully saturated rings. The number of sulfonamides is 1. The third-order valence-corrected chi connectivity index (χ3v) is 5.58. The molecule has 0 spiro atoms. The molecule has 0 bridgehead atoms. The number of carboxylic acid groups (broad SMARTS) is 1. The highest BCUT2D eigenvalue weighted by molar-refractivity contribution is 7.89. The number of aliphatic carboxylic acids is 1. The number of alkyl halides is 3. The molecule has 8 nitrogen and oxygen atoms in total. The van der Waals surface area contributed by atoms with Crippen molar-refractivity contribution in [3.05, 3.63) is 53.7 Å². The molecule has 2 aromatic carbocycles. The standard InChI is InChI=1S/C20H18F3N3O5S/c1-11-9-13(5-8-15(11)31-2)17-18(12-3-6-14(7-4-12)32(24,29)30)25-26(10-16(27)28)19(17)20(21,22)23/h3-9H,10H2,1-2H3,(H,27,28)(H2,24,29,30). The molecule has 0 amide bonds. The number of rotatable bonds is 6. The average Bonchev–Trinajstić information content (AvgIpc) is 3.06. The van der Waals surface area contributed by atoms with E-state index in [1.807, 2.05) is 0 Å². The van der Waals surface area contributed by atoms with E-state index in [1.54, 1.807) is 6.92 Å². The number of aromatic nitrogens is 2. The lowest BCUT2D eigenvalue weighted by Gasteiger charge is -2.13. The second kappa shape index (κ2) is 8.28. The van der Waals surface area contributed by atoms with Gasteiger partial charge in [0.25, 0.3) is 0 Å². The van der Waals surface area contributed by atoms with Crippen LogP contribution in [0.25, 0.3) is 22.4 Å². The number of hydrogen-bond donors (Lipinski definition) is 2. The Morgan fingerprint density at radius 1 is 1.16 bits per heavy atom. The summed E-state index contributed by atoms with van der Waals surface area (Å²) in [5.74, 6) is -1.05. The predicted molar refractivity (Wildman–Crippen MR) is 108 cm³/mol. The molecule has 0 aliphatic heterocycles. The summed E-state index contributed by atoms with van der Waals surface area (Å²) >= 11 is 0. The molecule has 0 radical (unpaired) electrons. The van der Waals surface area contributed by atoms with Crippen LogP contribution in [0.3, 0.4) is 0 Å². The minimum atomic E-state index is -4.93. The molecule has 1 heterocycles. The van der Waals surface area contributed by atoms with Gasteiger partial charge < -0.3 is 9.84 Å². The van der Waals surface area contributed by atoms with Gasteiger partial charge >= 0.3 is 12.1 Å². The first-order chi connectivity index (χ1) is 14.8. The van der Waals surface area contributed by atoms with Crippen molar-refractivity contribution in [2.45, 2.75) is 24.5 Å². The zero-order valence-corrected chi connectivity index (χ0v) is 17.7. The summed E-state index contributed by atoms with van der Waals surface area (Å²) in [4.78, 5) is 11.0. The highest BCUT2D eigenvalue weighted by Gasteiger charge is 2.41. The highest BCUT2D eigenvalue weighted by atomic mass is 32.2. The fraction of sp³-hybridized carbons (Fsp3) is 0.200. The largest absolute Gasteiger partial charge is 0.496 e. The Hall–Kier alpha value is -3.38. The number of halogens is 3. The van der Waals surface area contributed by atoms with Crippen LogP contribution < -0.4 is 9.88 Å². The van der Waals surface area contributed by atoms with Gasteiger partial charge in [0.15, 0.2) is 5.69 Å². The lowest BCUT2D eigenvalue weighted by molar-refractivity contribution is -0.146. The van der Waals surface area contributed by atoms with Crippen molar-refractivity contribution in [3.8, 4) is 28.1 Å². The minimum Gasteiger partial charge on any atom is -0.496 e. The topological polar surface area (TPSA) is 125 Å². The van der Waals surface area contributed by atoms with Crippen LogP contribution >= 0.6 is 0 Å². The summed E-state index contributed by atoms with van der Waals surface area (Å²) in [6, 6.07) is 9.16. The van der Waals surface area contributed by atoms with E-state index in [0.29, 0.717) is 16.0 Å². The maximum absolute atomic E-state index is 14.1. The molecule has 3 rings (SSSR count). The van der Waals surface area contributed by atoms with E-state index >= 15 is 0 Å². The first kappa shape index (κ1) is 23.3. The van der Waals surface area contributed by atoms with Gasteiger partial charge in [-0.1, -0.05) is 18.2 Å². The van der Waals surface area contributed by atoms with Crippen LogP contribution in [0.1, 0.15) is 11.3 Å². The average molecular weight is 469 g/mol. The molecule has 3 aromatic rings. The van der Waals surface area contributed by atoms with Gasteiger partial charge in [0.2, 0.25) is 10.0 Å². The number of carboxylic acids is 1. The van der Waals surface area contributed by atoms with Crippen LogP contribution in [0.2, 0.25) is 0 Å². The van der Waals surface area contributed by atoms with Crippen molar-refractivity contribution in [3.63, 3.8) is 0 Å². The smallest absolute Gasteiger partial charge is 0.433 e. The number of nitrogens with two attached hydrogens (primary N) is 1. The van der Waals surface area contributed by atoms with E-state index in [0.717, 1.165) is 12.1 Å². The van der Waals surface area contributed by atoms with Crippen molar-refractivity contribution < 1.29 is 36.2 Å². The van der Waals surface area contributed by atoms with Gasteiger partial charge in [-0.25, -0.2) is 18.2 Å². The number of nitrogens with zero attached hydrogens (tertiary/aromatic N) is 2. The molecule has 0 saturated carbocycles. The molecule has 3 N–H and O–H groups in total. The lowest BCUT2D eigenvalue weighted by Crippen LogP contribution is -2.19. The zero-order chi connectivity index (χ0) is 23.8. The summed E-state index contributed by atoms with van der Waals surface area (Å²) < 4.78 is 70.8. The third kappa shape index (κ3) is 4.60. The third-order valence-electron chi connectivity index (χ3n) is 4.65. The Kier molecular flexibility index (Phi) is 6.03. The monoisotopic (exact) mass is 469 g/mol. The van der Waals surface area contributed by atoms with Crippen LogP contribution in [0, 0.1) is 6.92 Å². The van der Waals surface area contributed by atoms with Gasteiger partial charge in [-0.05, 0) is 42.3 Å². The van der Waals surface area contributed by atoms with Crippen LogP contribution in [0.15, 0.2) is 47.4 Å². The summed E-state index contributed by atoms with van der Waals surface area (Å²) in [6.45, 7) is 0.629. The van der Waals surface area contributed by atoms with Crippen LogP contribution in [-0.2, 0) is 27.5 Å². The summed E-state index contributed by atoms with van der Waals surface area (Å²) in [5, 5.41) is 18.1. The van der Waals surface area contributed by atoms with Crippen molar-refractivity contribution in [1.29, 1.82) is 0 Å². The van der Waals surface area contributed by atoms with Gasteiger partial charge in [-0.2, -0.15) is 18.3 Å². The Bertz CT molecular complexity index is 1280. The first-order valence-corrected chi connectivity index (χ1v) is 10.6. The molecular formula is C20H18F3N3O5S. The number of benzene rings is 2.